The van der Waals surface area contributed by atoms with Gasteiger partial charge in [0.15, 0.2) is 0 Å². The van der Waals surface area contributed by atoms with Crippen LogP contribution in [0.15, 0.2) is 0 Å². The molecule has 0 aromatic heterocycles. The van der Waals surface area contributed by atoms with Gasteiger partial charge in [0.1, 0.15) is 0 Å². The fourth-order valence-electron chi connectivity index (χ4n) is 4.69. The van der Waals surface area contributed by atoms with Crippen LogP contribution in [0.5, 0.6) is 0 Å². The Kier molecular flexibility index (Phi) is 3.55. The number of piperidine rings is 2. The average molecular weight is 263 g/mol. The van der Waals surface area contributed by atoms with E-state index in [1.165, 1.54) is 77.8 Å². The molecule has 1 aliphatic carbocycles. The maximum atomic E-state index is 3.51. The Balaban J connectivity index is 1.42. The molecule has 19 heavy (non-hydrogen) atoms. The lowest BCUT2D eigenvalue weighted by molar-refractivity contribution is 0.0724. The second kappa shape index (κ2) is 5.34. The number of nitrogens with zero attached hydrogens (tertiary/aromatic N) is 2. The number of hydrogen-bond acceptors (Lipinski definition) is 3. The largest absolute Gasteiger partial charge is 0.317 e. The SMILES string of the molecule is C1CC(CN(C2CC2)C2CCN3CCC2C3)CCN1. The van der Waals surface area contributed by atoms with Crippen LogP contribution in [0.25, 0.3) is 0 Å². The van der Waals surface area contributed by atoms with Gasteiger partial charge in [-0.3, -0.25) is 4.90 Å². The first-order chi connectivity index (χ1) is 9.40. The molecule has 4 fully saturated rings. The molecule has 4 aliphatic rings. The highest BCUT2D eigenvalue weighted by Crippen LogP contribution is 2.38. The van der Waals surface area contributed by atoms with E-state index >= 15 is 0 Å². The third kappa shape index (κ3) is 2.70. The molecule has 108 valence electrons. The van der Waals surface area contributed by atoms with E-state index in [-0.39, 0.29) is 0 Å². The summed E-state index contributed by atoms with van der Waals surface area (Å²) in [7, 11) is 0. The van der Waals surface area contributed by atoms with Crippen molar-refractivity contribution in [1.82, 2.24) is 15.1 Å². The molecule has 3 atom stereocenters. The number of rotatable bonds is 4. The van der Waals surface area contributed by atoms with E-state index in [0.29, 0.717) is 0 Å². The molecule has 2 bridgehead atoms. The molecule has 0 amide bonds. The molecule has 3 saturated heterocycles. The zero-order valence-electron chi connectivity index (χ0n) is 12.2. The van der Waals surface area contributed by atoms with Crippen LogP contribution in [0.3, 0.4) is 0 Å². The van der Waals surface area contributed by atoms with Gasteiger partial charge in [0.05, 0.1) is 0 Å². The fourth-order valence-corrected chi connectivity index (χ4v) is 4.69. The van der Waals surface area contributed by atoms with Gasteiger partial charge in [-0.05, 0) is 76.5 Å². The Morgan fingerprint density at radius 3 is 2.53 bits per heavy atom. The van der Waals surface area contributed by atoms with E-state index < -0.39 is 0 Å². The summed E-state index contributed by atoms with van der Waals surface area (Å²) in [6.07, 6.45) is 8.71. The molecule has 0 aromatic rings. The number of nitrogens with one attached hydrogen (secondary N) is 1. The number of hydrogen-bond donors (Lipinski definition) is 1. The maximum absolute atomic E-state index is 3.51. The van der Waals surface area contributed by atoms with Crippen molar-refractivity contribution < 1.29 is 0 Å². The molecule has 0 spiro atoms. The van der Waals surface area contributed by atoms with Crippen molar-refractivity contribution in [2.24, 2.45) is 11.8 Å². The summed E-state index contributed by atoms with van der Waals surface area (Å²) in [6.45, 7) is 8.08. The van der Waals surface area contributed by atoms with E-state index in [1.807, 2.05) is 0 Å². The average Bonchev–Trinajstić information content (AvgIpc) is 3.23. The molecule has 3 nitrogen and oxygen atoms in total. The van der Waals surface area contributed by atoms with E-state index in [9.17, 15) is 0 Å². The lowest BCUT2D eigenvalue weighted by Crippen LogP contribution is -2.50. The van der Waals surface area contributed by atoms with Gasteiger partial charge in [-0.1, -0.05) is 0 Å². The van der Waals surface area contributed by atoms with Crippen LogP contribution >= 0.6 is 0 Å². The minimum absolute atomic E-state index is 0.932. The summed E-state index contributed by atoms with van der Waals surface area (Å²) in [5, 5.41) is 3.51. The van der Waals surface area contributed by atoms with Crippen molar-refractivity contribution in [3.05, 3.63) is 0 Å². The molecular weight excluding hydrogens is 234 g/mol. The Morgan fingerprint density at radius 2 is 1.74 bits per heavy atom. The van der Waals surface area contributed by atoms with Gasteiger partial charge in [0.25, 0.3) is 0 Å². The summed E-state index contributed by atoms with van der Waals surface area (Å²) in [6, 6.07) is 1.90. The van der Waals surface area contributed by atoms with Crippen molar-refractivity contribution in [2.75, 3.05) is 39.3 Å². The Morgan fingerprint density at radius 1 is 0.947 bits per heavy atom. The standard InChI is InChI=1S/C16H29N3/c1-2-15(1)19(11-13-3-7-17-8-4-13)16-6-10-18-9-5-14(16)12-18/h13-17H,1-12H2. The molecule has 0 aromatic carbocycles. The van der Waals surface area contributed by atoms with Crippen molar-refractivity contribution in [3.8, 4) is 0 Å². The first-order valence-electron chi connectivity index (χ1n) is 8.59. The van der Waals surface area contributed by atoms with Crippen molar-refractivity contribution in [1.29, 1.82) is 0 Å². The zero-order valence-corrected chi connectivity index (χ0v) is 12.2. The molecular formula is C16H29N3. The van der Waals surface area contributed by atoms with Crippen LogP contribution in [0.1, 0.15) is 38.5 Å². The monoisotopic (exact) mass is 263 g/mol. The predicted octanol–water partition coefficient (Wildman–Crippen LogP) is 1.54. The Labute approximate surface area is 117 Å². The minimum atomic E-state index is 0.932. The van der Waals surface area contributed by atoms with Gasteiger partial charge in [-0.15, -0.1) is 0 Å². The van der Waals surface area contributed by atoms with Crippen LogP contribution in [-0.4, -0.2) is 61.2 Å². The molecule has 3 heterocycles. The van der Waals surface area contributed by atoms with Gasteiger partial charge >= 0.3 is 0 Å². The first kappa shape index (κ1) is 12.6. The smallest absolute Gasteiger partial charge is 0.0151 e. The predicted molar refractivity (Wildman–Crippen MR) is 78.3 cm³/mol. The highest BCUT2D eigenvalue weighted by atomic mass is 15.3. The third-order valence-electron chi connectivity index (χ3n) is 5.96. The van der Waals surface area contributed by atoms with Crippen molar-refractivity contribution in [3.63, 3.8) is 0 Å². The van der Waals surface area contributed by atoms with Gasteiger partial charge in [-0.2, -0.15) is 0 Å². The van der Waals surface area contributed by atoms with E-state index in [4.69, 9.17) is 0 Å². The fraction of sp³-hybridized carbons (Fsp3) is 1.00. The molecule has 3 unspecified atom stereocenters. The van der Waals surface area contributed by atoms with E-state index in [0.717, 1.165) is 23.9 Å². The lowest BCUT2D eigenvalue weighted by Gasteiger charge is -2.41. The quantitative estimate of drug-likeness (QED) is 0.830. The highest BCUT2D eigenvalue weighted by Gasteiger charge is 2.42. The highest BCUT2D eigenvalue weighted by molar-refractivity contribution is 4.98. The maximum Gasteiger partial charge on any atom is 0.0151 e. The van der Waals surface area contributed by atoms with Crippen LogP contribution in [-0.2, 0) is 0 Å². The third-order valence-corrected chi connectivity index (χ3v) is 5.96. The summed E-state index contributed by atoms with van der Waals surface area (Å²) >= 11 is 0. The topological polar surface area (TPSA) is 18.5 Å². The zero-order chi connectivity index (χ0) is 12.7. The summed E-state index contributed by atoms with van der Waals surface area (Å²) < 4.78 is 0. The Hall–Kier alpha value is -0.120. The summed E-state index contributed by atoms with van der Waals surface area (Å²) in [4.78, 5) is 5.67. The molecule has 4 rings (SSSR count). The van der Waals surface area contributed by atoms with Crippen LogP contribution in [0.2, 0.25) is 0 Å². The Bertz CT molecular complexity index is 309. The molecule has 1 N–H and O–H groups in total. The minimum Gasteiger partial charge on any atom is -0.317 e. The van der Waals surface area contributed by atoms with Crippen LogP contribution < -0.4 is 5.32 Å². The van der Waals surface area contributed by atoms with Gasteiger partial charge in [-0.25, -0.2) is 0 Å². The molecule has 0 radical (unpaired) electrons. The van der Waals surface area contributed by atoms with Crippen LogP contribution in [0.4, 0.5) is 0 Å². The van der Waals surface area contributed by atoms with Crippen molar-refractivity contribution in [2.45, 2.75) is 50.6 Å². The lowest BCUT2D eigenvalue weighted by atomic mass is 9.90. The van der Waals surface area contributed by atoms with E-state index in [1.54, 1.807) is 0 Å². The number of fused-ring (bicyclic) bond motifs is 2. The molecule has 3 heteroatoms. The van der Waals surface area contributed by atoms with Gasteiger partial charge < -0.3 is 10.2 Å². The second-order valence-electron chi connectivity index (χ2n) is 7.33. The van der Waals surface area contributed by atoms with Crippen molar-refractivity contribution >= 4 is 0 Å². The van der Waals surface area contributed by atoms with Crippen LogP contribution in [0, 0.1) is 11.8 Å². The van der Waals surface area contributed by atoms with E-state index in [2.05, 4.69) is 15.1 Å². The molecule has 1 saturated carbocycles. The first-order valence-corrected chi connectivity index (χ1v) is 8.59. The normalized spacial score (nSPS) is 39.9. The summed E-state index contributed by atoms with van der Waals surface area (Å²) in [5.74, 6) is 1.97. The molecule has 3 aliphatic heterocycles. The van der Waals surface area contributed by atoms with Gasteiger partial charge in [0.2, 0.25) is 0 Å². The van der Waals surface area contributed by atoms with Gasteiger partial charge in [0, 0.05) is 25.2 Å². The second-order valence-corrected chi connectivity index (χ2v) is 7.33. The summed E-state index contributed by atoms with van der Waals surface area (Å²) in [5.41, 5.74) is 0.